The van der Waals surface area contributed by atoms with E-state index in [2.05, 4.69) is 10.6 Å². The number of furan rings is 1. The molecule has 2 N–H and O–H groups in total. The molecule has 0 saturated heterocycles. The van der Waals surface area contributed by atoms with Gasteiger partial charge in [0, 0.05) is 18.5 Å². The van der Waals surface area contributed by atoms with E-state index in [-0.39, 0.29) is 24.9 Å². The van der Waals surface area contributed by atoms with E-state index in [4.69, 9.17) is 13.9 Å². The second-order valence-electron chi connectivity index (χ2n) is 5.89. The van der Waals surface area contributed by atoms with Gasteiger partial charge in [0.05, 0.1) is 39.1 Å². The van der Waals surface area contributed by atoms with Crippen molar-refractivity contribution in [3.8, 4) is 11.5 Å². The number of hydrogen-bond donors (Lipinski definition) is 2. The first-order valence-corrected chi connectivity index (χ1v) is 8.32. The van der Waals surface area contributed by atoms with Crippen molar-refractivity contribution in [2.24, 2.45) is 7.05 Å². The van der Waals surface area contributed by atoms with Crippen LogP contribution < -0.4 is 20.1 Å². The Morgan fingerprint density at radius 1 is 1.11 bits per heavy atom. The molecule has 2 amide bonds. The van der Waals surface area contributed by atoms with Crippen LogP contribution >= 0.6 is 0 Å². The predicted molar refractivity (Wildman–Crippen MR) is 98.9 cm³/mol. The maximum absolute atomic E-state index is 12.5. The summed E-state index contributed by atoms with van der Waals surface area (Å²) < 4.78 is 17.5. The molecular formula is C19H21N3O5. The molecular weight excluding hydrogens is 350 g/mol. The number of aryl methyl sites for hydroxylation is 1. The lowest BCUT2D eigenvalue weighted by molar-refractivity contribution is -0.120. The molecule has 27 heavy (non-hydrogen) atoms. The summed E-state index contributed by atoms with van der Waals surface area (Å²) in [4.78, 5) is 24.4. The number of benzene rings is 1. The predicted octanol–water partition coefficient (Wildman–Crippen LogP) is 1.83. The Balaban J connectivity index is 1.68. The minimum absolute atomic E-state index is 0.131. The fraction of sp³-hybridized carbons (Fsp3) is 0.263. The number of hydrogen-bond acceptors (Lipinski definition) is 5. The molecule has 0 atom stereocenters. The average Bonchev–Trinajstić information content (AvgIpc) is 3.31. The van der Waals surface area contributed by atoms with E-state index >= 15 is 0 Å². The summed E-state index contributed by atoms with van der Waals surface area (Å²) in [5, 5.41) is 6.13. The van der Waals surface area contributed by atoms with Crippen molar-refractivity contribution in [1.82, 2.24) is 15.2 Å². The number of amides is 2. The SMILES string of the molecule is COc1cc2cc(C(=O)NCC(=O)NCc3ccco3)n(C)c2cc1OC. The summed E-state index contributed by atoms with van der Waals surface area (Å²) in [7, 11) is 4.89. The van der Waals surface area contributed by atoms with Crippen molar-refractivity contribution in [3.63, 3.8) is 0 Å². The normalized spacial score (nSPS) is 10.6. The molecule has 2 heterocycles. The molecule has 0 aliphatic heterocycles. The maximum Gasteiger partial charge on any atom is 0.268 e. The van der Waals surface area contributed by atoms with E-state index in [0.29, 0.717) is 23.0 Å². The topological polar surface area (TPSA) is 94.7 Å². The molecule has 0 aliphatic carbocycles. The van der Waals surface area contributed by atoms with Crippen LogP contribution in [0.2, 0.25) is 0 Å². The van der Waals surface area contributed by atoms with E-state index in [1.807, 2.05) is 0 Å². The standard InChI is InChI=1S/C19H21N3O5/c1-22-14-9-17(26-3)16(25-2)8-12(14)7-15(22)19(24)21-11-18(23)20-10-13-5-4-6-27-13/h4-9H,10-11H2,1-3H3,(H,20,23)(H,21,24). The van der Waals surface area contributed by atoms with Crippen molar-refractivity contribution in [2.75, 3.05) is 20.8 Å². The smallest absolute Gasteiger partial charge is 0.268 e. The van der Waals surface area contributed by atoms with Crippen molar-refractivity contribution in [1.29, 1.82) is 0 Å². The molecule has 2 aromatic heterocycles. The zero-order valence-corrected chi connectivity index (χ0v) is 15.4. The Kier molecular flexibility index (Phi) is 5.35. The van der Waals surface area contributed by atoms with Gasteiger partial charge in [0.25, 0.3) is 5.91 Å². The summed E-state index contributed by atoms with van der Waals surface area (Å²) in [6.45, 7) is 0.142. The van der Waals surface area contributed by atoms with Gasteiger partial charge in [0.2, 0.25) is 5.91 Å². The summed E-state index contributed by atoms with van der Waals surface area (Å²) in [5.74, 6) is 1.16. The van der Waals surface area contributed by atoms with Gasteiger partial charge in [-0.2, -0.15) is 0 Å². The maximum atomic E-state index is 12.5. The Hall–Kier alpha value is -3.42. The van der Waals surface area contributed by atoms with Crippen LogP contribution in [-0.2, 0) is 18.4 Å². The number of nitrogens with one attached hydrogen (secondary N) is 2. The van der Waals surface area contributed by atoms with Crippen molar-refractivity contribution >= 4 is 22.7 Å². The third kappa shape index (κ3) is 3.89. The zero-order chi connectivity index (χ0) is 19.4. The van der Waals surface area contributed by atoms with Crippen molar-refractivity contribution in [2.45, 2.75) is 6.54 Å². The van der Waals surface area contributed by atoms with Gasteiger partial charge in [0.1, 0.15) is 11.5 Å². The first kappa shape index (κ1) is 18.4. The van der Waals surface area contributed by atoms with Gasteiger partial charge >= 0.3 is 0 Å². The van der Waals surface area contributed by atoms with Crippen LogP contribution in [0, 0.1) is 0 Å². The highest BCUT2D eigenvalue weighted by Gasteiger charge is 2.17. The molecule has 8 nitrogen and oxygen atoms in total. The van der Waals surface area contributed by atoms with Crippen LogP contribution in [0.5, 0.6) is 11.5 Å². The summed E-state index contributed by atoms with van der Waals surface area (Å²) in [6.07, 6.45) is 1.54. The van der Waals surface area contributed by atoms with Crippen molar-refractivity contribution < 1.29 is 23.5 Å². The molecule has 0 bridgehead atoms. The van der Waals surface area contributed by atoms with Gasteiger partial charge in [-0.3, -0.25) is 9.59 Å². The molecule has 0 radical (unpaired) electrons. The van der Waals surface area contributed by atoms with E-state index < -0.39 is 0 Å². The second kappa shape index (κ2) is 7.86. The highest BCUT2D eigenvalue weighted by atomic mass is 16.5. The number of rotatable bonds is 7. The monoisotopic (exact) mass is 371 g/mol. The quantitative estimate of drug-likeness (QED) is 0.661. The molecule has 0 aliphatic rings. The Bertz CT molecular complexity index is 960. The van der Waals surface area contributed by atoms with Gasteiger partial charge in [-0.15, -0.1) is 0 Å². The van der Waals surface area contributed by atoms with Gasteiger partial charge in [-0.25, -0.2) is 0 Å². The van der Waals surface area contributed by atoms with Gasteiger partial charge in [-0.1, -0.05) is 0 Å². The molecule has 8 heteroatoms. The number of aromatic nitrogens is 1. The Morgan fingerprint density at radius 2 is 1.85 bits per heavy atom. The zero-order valence-electron chi connectivity index (χ0n) is 15.4. The molecule has 0 unspecified atom stereocenters. The Labute approximate surface area is 156 Å². The van der Waals surface area contributed by atoms with Crippen LogP contribution in [0.15, 0.2) is 41.0 Å². The number of nitrogens with zero attached hydrogens (tertiary/aromatic N) is 1. The second-order valence-corrected chi connectivity index (χ2v) is 5.89. The lowest BCUT2D eigenvalue weighted by Crippen LogP contribution is -2.37. The van der Waals surface area contributed by atoms with Crippen LogP contribution in [0.3, 0.4) is 0 Å². The number of fused-ring (bicyclic) bond motifs is 1. The fourth-order valence-corrected chi connectivity index (χ4v) is 2.79. The van der Waals surface area contributed by atoms with E-state index in [1.165, 1.54) is 6.26 Å². The fourth-order valence-electron chi connectivity index (χ4n) is 2.79. The highest BCUT2D eigenvalue weighted by molar-refractivity contribution is 6.00. The third-order valence-electron chi connectivity index (χ3n) is 4.23. The highest BCUT2D eigenvalue weighted by Crippen LogP contribution is 2.33. The number of methoxy groups -OCH3 is 2. The summed E-state index contributed by atoms with van der Waals surface area (Å²) in [6, 6.07) is 8.86. The molecule has 0 spiro atoms. The minimum Gasteiger partial charge on any atom is -0.493 e. The van der Waals surface area contributed by atoms with Gasteiger partial charge in [-0.05, 0) is 24.3 Å². The van der Waals surface area contributed by atoms with E-state index in [9.17, 15) is 9.59 Å². The average molecular weight is 371 g/mol. The number of ether oxygens (including phenoxy) is 2. The van der Waals surface area contributed by atoms with E-state index in [1.54, 1.807) is 56.2 Å². The number of carbonyl (C=O) groups excluding carboxylic acids is 2. The molecule has 142 valence electrons. The Morgan fingerprint density at radius 3 is 2.52 bits per heavy atom. The van der Waals surface area contributed by atoms with Gasteiger partial charge < -0.3 is 29.1 Å². The van der Waals surface area contributed by atoms with Crippen LogP contribution in [-0.4, -0.2) is 37.1 Å². The molecule has 3 rings (SSSR count). The molecule has 3 aromatic rings. The largest absolute Gasteiger partial charge is 0.493 e. The molecule has 0 saturated carbocycles. The third-order valence-corrected chi connectivity index (χ3v) is 4.23. The van der Waals surface area contributed by atoms with Crippen molar-refractivity contribution in [3.05, 3.63) is 48.0 Å². The lowest BCUT2D eigenvalue weighted by atomic mass is 10.2. The molecule has 0 fully saturated rings. The van der Waals surface area contributed by atoms with Crippen LogP contribution in [0.1, 0.15) is 16.2 Å². The summed E-state index contributed by atoms with van der Waals surface area (Å²) in [5.41, 5.74) is 1.25. The first-order chi connectivity index (χ1) is 13.0. The lowest BCUT2D eigenvalue weighted by Gasteiger charge is -2.09. The van der Waals surface area contributed by atoms with Gasteiger partial charge in [0.15, 0.2) is 11.5 Å². The molecule has 1 aromatic carbocycles. The van der Waals surface area contributed by atoms with Crippen LogP contribution in [0.4, 0.5) is 0 Å². The first-order valence-electron chi connectivity index (χ1n) is 8.32. The number of carbonyl (C=O) groups is 2. The van der Waals surface area contributed by atoms with E-state index in [0.717, 1.165) is 10.9 Å². The minimum atomic E-state index is -0.347. The summed E-state index contributed by atoms with van der Waals surface area (Å²) >= 11 is 0. The van der Waals surface area contributed by atoms with Crippen LogP contribution in [0.25, 0.3) is 10.9 Å².